The van der Waals surface area contributed by atoms with Crippen LogP contribution in [0.3, 0.4) is 0 Å². The molecule has 3 heterocycles. The van der Waals surface area contributed by atoms with E-state index in [1.165, 1.54) is 186 Å². The minimum absolute atomic E-state index is 0.240. The van der Waals surface area contributed by atoms with Gasteiger partial charge >= 0.3 is 0 Å². The van der Waals surface area contributed by atoms with Crippen molar-refractivity contribution in [1.82, 2.24) is 5.32 Å². The molecule has 0 bridgehead atoms. The van der Waals surface area contributed by atoms with Crippen LogP contribution >= 0.6 is 0 Å². The third-order valence-electron chi connectivity index (χ3n) is 17.7. The third kappa shape index (κ3) is 33.1. The van der Waals surface area contributed by atoms with E-state index in [2.05, 4.69) is 31.3 Å². The monoisotopic (exact) mass is 1250 g/mol. The second kappa shape index (κ2) is 50.8. The minimum atomic E-state index is -1.98. The topological polar surface area (TPSA) is 307 Å². The lowest BCUT2D eigenvalue weighted by Crippen LogP contribution is -2.66. The van der Waals surface area contributed by atoms with Gasteiger partial charge in [-0.05, 0) is 44.9 Å². The molecule has 3 saturated heterocycles. The van der Waals surface area contributed by atoms with E-state index < -0.39 is 124 Å². The van der Waals surface area contributed by atoms with Crippen LogP contribution in [0.25, 0.3) is 0 Å². The lowest BCUT2D eigenvalue weighted by atomic mass is 9.96. The molecule has 3 aliphatic rings. The maximum absolute atomic E-state index is 13.4. The fourth-order valence-corrected chi connectivity index (χ4v) is 12.0. The molecule has 512 valence electrons. The van der Waals surface area contributed by atoms with Gasteiger partial charge in [0.05, 0.1) is 38.6 Å². The lowest BCUT2D eigenvalue weighted by Gasteiger charge is -2.48. The molecule has 0 aromatic rings. The van der Waals surface area contributed by atoms with Crippen molar-refractivity contribution in [2.45, 2.75) is 375 Å². The standard InChI is InChI=1S/C68H127NO18/c1-3-5-7-9-11-13-15-17-19-21-23-24-25-26-27-28-29-31-33-35-37-39-41-43-45-52(73)51(69-56(74)46-44-42-40-38-36-34-32-30-22-20-18-16-14-12-10-8-6-4-2)50-82-66-62(80)59(77)64(54(48-71)84-66)87-68-63(81)60(78)65(55(49-72)85-68)86-67-61(79)58(76)57(75)53(47-70)83-67/h20,22,43,45,51-55,57-68,70-73,75-81H,3-19,21,23-42,44,46-50H2,1-2H3,(H,69,74)/b22-20-,45-43+. The van der Waals surface area contributed by atoms with Crippen LogP contribution in [0, 0.1) is 0 Å². The zero-order chi connectivity index (χ0) is 63.3. The summed E-state index contributed by atoms with van der Waals surface area (Å²) in [4.78, 5) is 13.4. The molecule has 17 unspecified atom stereocenters. The second-order valence-electron chi connectivity index (χ2n) is 25.3. The number of nitrogens with one attached hydrogen (secondary N) is 1. The van der Waals surface area contributed by atoms with Crippen molar-refractivity contribution < 1.29 is 89.4 Å². The van der Waals surface area contributed by atoms with Crippen molar-refractivity contribution in [1.29, 1.82) is 0 Å². The van der Waals surface area contributed by atoms with E-state index in [-0.39, 0.29) is 18.9 Å². The zero-order valence-electron chi connectivity index (χ0n) is 54.0. The molecule has 0 aromatic carbocycles. The SMILES string of the molecule is CCCCCCCCC/C=C\CCCCCCCCCC(=O)NC(COC1OC(CO)C(OC2OC(CO)C(OC3OC(CO)C(O)C(O)C3O)C(O)C2O)C(O)C1O)C(O)/C=C/CCCCCCCCCCCCCCCCCCCCCCCC. The number of rotatable bonds is 54. The summed E-state index contributed by atoms with van der Waals surface area (Å²) in [6.45, 7) is 1.76. The van der Waals surface area contributed by atoms with Crippen molar-refractivity contribution in [2.75, 3.05) is 26.4 Å². The van der Waals surface area contributed by atoms with E-state index in [0.717, 1.165) is 57.8 Å². The summed E-state index contributed by atoms with van der Waals surface area (Å²) in [5.74, 6) is -0.277. The molecule has 87 heavy (non-hydrogen) atoms. The molecule has 3 fully saturated rings. The number of hydrogen-bond donors (Lipinski definition) is 12. The number of aliphatic hydroxyl groups excluding tert-OH is 11. The third-order valence-corrected chi connectivity index (χ3v) is 17.7. The van der Waals surface area contributed by atoms with E-state index in [1.54, 1.807) is 6.08 Å². The van der Waals surface area contributed by atoms with Crippen LogP contribution in [0.1, 0.15) is 271 Å². The first-order valence-electron chi connectivity index (χ1n) is 35.1. The first-order valence-corrected chi connectivity index (χ1v) is 35.1. The van der Waals surface area contributed by atoms with Crippen LogP contribution in [0.4, 0.5) is 0 Å². The molecule has 0 spiro atoms. The van der Waals surface area contributed by atoms with Gasteiger partial charge in [-0.2, -0.15) is 0 Å². The van der Waals surface area contributed by atoms with E-state index in [0.29, 0.717) is 6.42 Å². The molecule has 17 atom stereocenters. The molecule has 1 amide bonds. The van der Waals surface area contributed by atoms with Crippen molar-refractivity contribution >= 4 is 5.91 Å². The summed E-state index contributed by atoms with van der Waals surface area (Å²) < 4.78 is 34.4. The Morgan fingerprint density at radius 3 is 1.11 bits per heavy atom. The van der Waals surface area contributed by atoms with Gasteiger partial charge in [0, 0.05) is 6.42 Å². The fourth-order valence-electron chi connectivity index (χ4n) is 12.0. The lowest BCUT2D eigenvalue weighted by molar-refractivity contribution is -0.379. The maximum Gasteiger partial charge on any atom is 0.220 e. The van der Waals surface area contributed by atoms with Gasteiger partial charge in [-0.3, -0.25) is 4.79 Å². The molecule has 3 rings (SSSR count). The fraction of sp³-hybridized carbons (Fsp3) is 0.926. The highest BCUT2D eigenvalue weighted by molar-refractivity contribution is 5.76. The van der Waals surface area contributed by atoms with Gasteiger partial charge in [0.1, 0.15) is 73.2 Å². The molecular formula is C68H127NO18. The largest absolute Gasteiger partial charge is 0.394 e. The highest BCUT2D eigenvalue weighted by Crippen LogP contribution is 2.33. The van der Waals surface area contributed by atoms with Crippen LogP contribution in [0.15, 0.2) is 24.3 Å². The van der Waals surface area contributed by atoms with Crippen LogP contribution in [0.2, 0.25) is 0 Å². The Morgan fingerprint density at radius 2 is 0.724 bits per heavy atom. The summed E-state index contributed by atoms with van der Waals surface area (Å²) in [5, 5.41) is 121. The molecule has 19 nitrogen and oxygen atoms in total. The molecule has 0 saturated carbocycles. The minimum Gasteiger partial charge on any atom is -0.394 e. The van der Waals surface area contributed by atoms with Crippen LogP contribution in [0.5, 0.6) is 0 Å². The molecule has 3 aliphatic heterocycles. The molecular weight excluding hydrogens is 1120 g/mol. The van der Waals surface area contributed by atoms with Crippen molar-refractivity contribution in [3.8, 4) is 0 Å². The maximum atomic E-state index is 13.4. The van der Waals surface area contributed by atoms with Crippen LogP contribution < -0.4 is 5.32 Å². The number of amides is 1. The predicted molar refractivity (Wildman–Crippen MR) is 337 cm³/mol. The Kier molecular flexibility index (Phi) is 46.4. The van der Waals surface area contributed by atoms with E-state index in [4.69, 9.17) is 28.4 Å². The van der Waals surface area contributed by atoms with Gasteiger partial charge in [0.2, 0.25) is 5.91 Å². The molecule has 0 aliphatic carbocycles. The van der Waals surface area contributed by atoms with E-state index in [9.17, 15) is 61.0 Å². The smallest absolute Gasteiger partial charge is 0.220 e. The number of allylic oxidation sites excluding steroid dienone is 3. The number of aliphatic hydroxyl groups is 11. The molecule has 12 N–H and O–H groups in total. The summed E-state index contributed by atoms with van der Waals surface area (Å²) in [6.07, 6.45) is 30.1. The Morgan fingerprint density at radius 1 is 0.402 bits per heavy atom. The van der Waals surface area contributed by atoms with Gasteiger partial charge in [0.25, 0.3) is 0 Å². The number of ether oxygens (including phenoxy) is 6. The normalized spacial score (nSPS) is 28.7. The number of carbonyl (C=O) groups excluding carboxylic acids is 1. The summed E-state index contributed by atoms with van der Waals surface area (Å²) in [6, 6.07) is -0.974. The number of carbonyl (C=O) groups is 1. The average Bonchev–Trinajstić information content (AvgIpc) is 2.36. The van der Waals surface area contributed by atoms with Gasteiger partial charge in [0.15, 0.2) is 18.9 Å². The van der Waals surface area contributed by atoms with Gasteiger partial charge in [-0.1, -0.05) is 244 Å². The highest BCUT2D eigenvalue weighted by Gasteiger charge is 2.53. The Balaban J connectivity index is 1.44. The quantitative estimate of drug-likeness (QED) is 0.0200. The zero-order valence-corrected chi connectivity index (χ0v) is 54.0. The summed E-state index contributed by atoms with van der Waals surface area (Å²) in [5.41, 5.74) is 0. The first kappa shape index (κ1) is 79.5. The Labute approximate surface area is 524 Å². The second-order valence-corrected chi connectivity index (χ2v) is 25.3. The average molecular weight is 1250 g/mol. The van der Waals surface area contributed by atoms with Gasteiger partial charge in [-0.15, -0.1) is 0 Å². The van der Waals surface area contributed by atoms with Crippen molar-refractivity contribution in [2.24, 2.45) is 0 Å². The van der Waals surface area contributed by atoms with E-state index in [1.807, 2.05) is 6.08 Å². The molecule has 0 aromatic heterocycles. The molecule has 19 heteroatoms. The van der Waals surface area contributed by atoms with Gasteiger partial charge < -0.3 is 89.9 Å². The Bertz CT molecular complexity index is 1680. The highest BCUT2D eigenvalue weighted by atomic mass is 16.8. The Hall–Kier alpha value is -1.73. The predicted octanol–water partition coefficient (Wildman–Crippen LogP) is 9.05. The summed E-state index contributed by atoms with van der Waals surface area (Å²) >= 11 is 0. The van der Waals surface area contributed by atoms with Crippen molar-refractivity contribution in [3.05, 3.63) is 24.3 Å². The summed E-state index contributed by atoms with van der Waals surface area (Å²) in [7, 11) is 0. The van der Waals surface area contributed by atoms with E-state index >= 15 is 0 Å². The van der Waals surface area contributed by atoms with Crippen LogP contribution in [-0.4, -0.2) is 193 Å². The van der Waals surface area contributed by atoms with Crippen LogP contribution in [-0.2, 0) is 33.2 Å². The number of hydrogen-bond acceptors (Lipinski definition) is 18. The molecule has 0 radical (unpaired) electrons. The van der Waals surface area contributed by atoms with Crippen molar-refractivity contribution in [3.63, 3.8) is 0 Å². The number of unbranched alkanes of at least 4 members (excludes halogenated alkanes) is 36. The first-order chi connectivity index (χ1) is 42.3. The van der Waals surface area contributed by atoms with Gasteiger partial charge in [-0.25, -0.2) is 0 Å².